The van der Waals surface area contributed by atoms with Gasteiger partial charge < -0.3 is 10.3 Å². The molecule has 0 saturated heterocycles. The zero-order valence-corrected chi connectivity index (χ0v) is 14.1. The molecule has 0 radical (unpaired) electrons. The number of rotatable bonds is 5. The summed E-state index contributed by atoms with van der Waals surface area (Å²) in [5.41, 5.74) is -2.08. The standard InChI is InChI=1S/C15H20F3N3O2S/c1-9(14(23)19-10-5-3-2-4-6-10)24-8-12-20-11(15(16,17)18)7-13(22)21-12/h7,9-10H,2-6,8H2,1H3,(H,19,23)(H,20,21,22)/t9-/m1/s1. The molecule has 134 valence electrons. The molecule has 1 aliphatic carbocycles. The first-order chi connectivity index (χ1) is 11.3. The lowest BCUT2D eigenvalue weighted by atomic mass is 9.95. The summed E-state index contributed by atoms with van der Waals surface area (Å²) in [6, 6.07) is 0.605. The molecule has 1 heterocycles. The van der Waals surface area contributed by atoms with E-state index >= 15 is 0 Å². The van der Waals surface area contributed by atoms with Crippen LogP contribution in [0.25, 0.3) is 0 Å². The maximum atomic E-state index is 12.6. The highest BCUT2D eigenvalue weighted by Gasteiger charge is 2.33. The van der Waals surface area contributed by atoms with Gasteiger partial charge in [-0.25, -0.2) is 4.98 Å². The van der Waals surface area contributed by atoms with Crippen LogP contribution in [0.2, 0.25) is 0 Å². The molecular formula is C15H20F3N3O2S. The first-order valence-electron chi connectivity index (χ1n) is 7.85. The van der Waals surface area contributed by atoms with Crippen LogP contribution in [0.1, 0.15) is 50.5 Å². The number of hydrogen-bond acceptors (Lipinski definition) is 4. The average Bonchev–Trinajstić information content (AvgIpc) is 2.52. The molecule has 24 heavy (non-hydrogen) atoms. The summed E-state index contributed by atoms with van der Waals surface area (Å²) in [4.78, 5) is 29.1. The van der Waals surface area contributed by atoms with E-state index in [9.17, 15) is 22.8 Å². The van der Waals surface area contributed by atoms with Gasteiger partial charge in [0.15, 0.2) is 5.69 Å². The van der Waals surface area contributed by atoms with E-state index in [2.05, 4.69) is 15.3 Å². The van der Waals surface area contributed by atoms with E-state index in [4.69, 9.17) is 0 Å². The Balaban J connectivity index is 1.91. The zero-order valence-electron chi connectivity index (χ0n) is 13.3. The highest BCUT2D eigenvalue weighted by molar-refractivity contribution is 7.99. The number of carbonyl (C=O) groups is 1. The van der Waals surface area contributed by atoms with Crippen LogP contribution in [-0.4, -0.2) is 27.2 Å². The lowest BCUT2D eigenvalue weighted by molar-refractivity contribution is -0.141. The molecule has 1 saturated carbocycles. The van der Waals surface area contributed by atoms with Gasteiger partial charge in [0.05, 0.1) is 11.0 Å². The third-order valence-corrected chi connectivity index (χ3v) is 5.03. The minimum absolute atomic E-state index is 0.0262. The molecule has 0 spiro atoms. The van der Waals surface area contributed by atoms with Crippen LogP contribution < -0.4 is 10.9 Å². The lowest BCUT2D eigenvalue weighted by Crippen LogP contribution is -2.40. The van der Waals surface area contributed by atoms with Gasteiger partial charge >= 0.3 is 6.18 Å². The first kappa shape index (κ1) is 18.8. The summed E-state index contributed by atoms with van der Waals surface area (Å²) >= 11 is 1.14. The molecule has 1 amide bonds. The molecule has 2 rings (SSSR count). The molecule has 0 aliphatic heterocycles. The molecule has 1 aliphatic rings. The maximum absolute atomic E-state index is 12.6. The molecule has 2 N–H and O–H groups in total. The zero-order chi connectivity index (χ0) is 17.7. The van der Waals surface area contributed by atoms with Gasteiger partial charge in [-0.05, 0) is 19.8 Å². The highest BCUT2D eigenvalue weighted by Crippen LogP contribution is 2.27. The van der Waals surface area contributed by atoms with E-state index in [1.54, 1.807) is 6.92 Å². The SMILES string of the molecule is C[C@@H](SCc1nc(C(F)(F)F)cc(=O)[nH]1)C(=O)NC1CCCCC1. The van der Waals surface area contributed by atoms with Crippen LogP contribution in [0.15, 0.2) is 10.9 Å². The van der Waals surface area contributed by atoms with Crippen molar-refractivity contribution in [3.05, 3.63) is 27.9 Å². The average molecular weight is 363 g/mol. The molecule has 1 fully saturated rings. The number of thioether (sulfide) groups is 1. The number of carbonyl (C=O) groups excluding carboxylic acids is 1. The Labute approximate surface area is 141 Å². The van der Waals surface area contributed by atoms with Crippen molar-refractivity contribution in [3.8, 4) is 0 Å². The molecule has 1 aromatic heterocycles. The minimum Gasteiger partial charge on any atom is -0.352 e. The van der Waals surface area contributed by atoms with Gasteiger partial charge in [0.2, 0.25) is 5.91 Å². The van der Waals surface area contributed by atoms with Gasteiger partial charge in [-0.1, -0.05) is 19.3 Å². The van der Waals surface area contributed by atoms with Crippen LogP contribution in [-0.2, 0) is 16.7 Å². The number of H-pyrrole nitrogens is 1. The molecule has 5 nitrogen and oxygen atoms in total. The van der Waals surface area contributed by atoms with Crippen LogP contribution in [0.5, 0.6) is 0 Å². The van der Waals surface area contributed by atoms with E-state index in [0.717, 1.165) is 37.4 Å². The Bertz CT molecular complexity index is 627. The Morgan fingerprint density at radius 2 is 2.08 bits per heavy atom. The Morgan fingerprint density at radius 3 is 2.71 bits per heavy atom. The van der Waals surface area contributed by atoms with Crippen LogP contribution in [0, 0.1) is 0 Å². The third kappa shape index (κ3) is 5.54. The molecular weight excluding hydrogens is 343 g/mol. The van der Waals surface area contributed by atoms with Crippen molar-refractivity contribution in [2.75, 3.05) is 0 Å². The van der Waals surface area contributed by atoms with Crippen LogP contribution in [0.3, 0.4) is 0 Å². The largest absolute Gasteiger partial charge is 0.433 e. The second-order valence-electron chi connectivity index (χ2n) is 5.87. The predicted octanol–water partition coefficient (Wildman–Crippen LogP) is 2.86. The van der Waals surface area contributed by atoms with E-state index in [1.807, 2.05) is 0 Å². The molecule has 1 aromatic rings. The summed E-state index contributed by atoms with van der Waals surface area (Å²) < 4.78 is 37.9. The van der Waals surface area contributed by atoms with Gasteiger partial charge in [0.1, 0.15) is 5.82 Å². The third-order valence-electron chi connectivity index (χ3n) is 3.87. The van der Waals surface area contributed by atoms with Crippen molar-refractivity contribution >= 4 is 17.7 Å². The first-order valence-corrected chi connectivity index (χ1v) is 8.90. The maximum Gasteiger partial charge on any atom is 0.433 e. The smallest absolute Gasteiger partial charge is 0.352 e. The highest BCUT2D eigenvalue weighted by atomic mass is 32.2. The van der Waals surface area contributed by atoms with Crippen LogP contribution >= 0.6 is 11.8 Å². The lowest BCUT2D eigenvalue weighted by Gasteiger charge is -2.24. The van der Waals surface area contributed by atoms with Crippen molar-refractivity contribution in [3.63, 3.8) is 0 Å². The summed E-state index contributed by atoms with van der Waals surface area (Å²) in [6.07, 6.45) is 0.643. The second-order valence-corrected chi connectivity index (χ2v) is 7.20. The van der Waals surface area contributed by atoms with Gasteiger partial charge in [-0.15, -0.1) is 11.8 Å². The Kier molecular flexibility index (Phi) is 6.31. The van der Waals surface area contributed by atoms with Gasteiger partial charge in [0, 0.05) is 12.1 Å². The van der Waals surface area contributed by atoms with Crippen molar-refractivity contribution < 1.29 is 18.0 Å². The quantitative estimate of drug-likeness (QED) is 0.844. The van der Waals surface area contributed by atoms with E-state index in [1.165, 1.54) is 6.42 Å². The fourth-order valence-electron chi connectivity index (χ4n) is 2.57. The molecule has 0 bridgehead atoms. The van der Waals surface area contributed by atoms with E-state index in [-0.39, 0.29) is 23.5 Å². The second kappa shape index (κ2) is 8.04. The number of halogens is 3. The Hall–Kier alpha value is -1.51. The normalized spacial score (nSPS) is 17.5. The fourth-order valence-corrected chi connectivity index (χ4v) is 3.33. The van der Waals surface area contributed by atoms with Crippen molar-refractivity contribution in [1.82, 2.24) is 15.3 Å². The van der Waals surface area contributed by atoms with Crippen LogP contribution in [0.4, 0.5) is 13.2 Å². The number of aromatic nitrogens is 2. The summed E-state index contributed by atoms with van der Waals surface area (Å²) in [5.74, 6) is -0.198. The van der Waals surface area contributed by atoms with Crippen molar-refractivity contribution in [1.29, 1.82) is 0 Å². The fraction of sp³-hybridized carbons (Fsp3) is 0.667. The summed E-state index contributed by atoms with van der Waals surface area (Å²) in [7, 11) is 0. The topological polar surface area (TPSA) is 74.8 Å². The number of amides is 1. The van der Waals surface area contributed by atoms with Crippen molar-refractivity contribution in [2.45, 2.75) is 62.2 Å². The van der Waals surface area contributed by atoms with E-state index in [0.29, 0.717) is 6.07 Å². The van der Waals surface area contributed by atoms with Gasteiger partial charge in [-0.3, -0.25) is 9.59 Å². The Morgan fingerprint density at radius 1 is 1.42 bits per heavy atom. The minimum atomic E-state index is -4.67. The van der Waals surface area contributed by atoms with Gasteiger partial charge in [-0.2, -0.15) is 13.2 Å². The van der Waals surface area contributed by atoms with Gasteiger partial charge in [0.25, 0.3) is 5.56 Å². The number of hydrogen-bond donors (Lipinski definition) is 2. The number of nitrogens with zero attached hydrogens (tertiary/aromatic N) is 1. The van der Waals surface area contributed by atoms with E-state index < -0.39 is 22.7 Å². The molecule has 0 unspecified atom stereocenters. The number of aromatic amines is 1. The number of alkyl halides is 3. The predicted molar refractivity (Wildman–Crippen MR) is 85.6 cm³/mol. The van der Waals surface area contributed by atoms with Crippen molar-refractivity contribution in [2.24, 2.45) is 0 Å². The molecule has 1 atom stereocenters. The summed E-state index contributed by atoms with van der Waals surface area (Å²) in [5, 5.41) is 2.53. The summed E-state index contributed by atoms with van der Waals surface area (Å²) in [6.45, 7) is 1.69. The molecule has 9 heteroatoms. The monoisotopic (exact) mass is 363 g/mol. The molecule has 0 aromatic carbocycles. The number of nitrogens with one attached hydrogen (secondary N) is 2.